The van der Waals surface area contributed by atoms with Gasteiger partial charge >= 0.3 is 0 Å². The molecular weight excluding hydrogens is 368 g/mol. The Morgan fingerprint density at radius 1 is 0.931 bits per heavy atom. The molecule has 5 nitrogen and oxygen atoms in total. The van der Waals surface area contributed by atoms with E-state index in [2.05, 4.69) is 27.4 Å². The van der Waals surface area contributed by atoms with E-state index in [1.165, 1.54) is 0 Å². The van der Waals surface area contributed by atoms with Gasteiger partial charge in [-0.05, 0) is 24.6 Å². The normalized spacial score (nSPS) is 12.5. The number of fused-ring (bicyclic) bond motifs is 1. The highest BCUT2D eigenvalue weighted by molar-refractivity contribution is 6.03. The van der Waals surface area contributed by atoms with Crippen molar-refractivity contribution in [2.24, 2.45) is 5.41 Å². The van der Waals surface area contributed by atoms with Crippen LogP contribution in [0.15, 0.2) is 30.9 Å². The van der Waals surface area contributed by atoms with Gasteiger partial charge in [0.1, 0.15) is 23.0 Å². The van der Waals surface area contributed by atoms with E-state index in [0.717, 1.165) is 29.2 Å². The fourth-order valence-corrected chi connectivity index (χ4v) is 3.53. The molecule has 0 bridgehead atoms. The Morgan fingerprint density at radius 2 is 1.52 bits per heavy atom. The summed E-state index contributed by atoms with van der Waals surface area (Å²) in [6.07, 6.45) is 3.69. The average molecular weight is 403 g/mol. The molecule has 0 N–H and O–H groups in total. The summed E-state index contributed by atoms with van der Waals surface area (Å²) in [7, 11) is 6.59. The van der Waals surface area contributed by atoms with Crippen molar-refractivity contribution in [3.05, 3.63) is 36.4 Å². The summed E-state index contributed by atoms with van der Waals surface area (Å²) in [4.78, 5) is 0. The zero-order chi connectivity index (χ0) is 21.6. The van der Waals surface area contributed by atoms with Crippen LogP contribution in [-0.4, -0.2) is 35.0 Å². The number of hydrogen-bond acceptors (Lipinski definition) is 5. The molecule has 1 unspecified atom stereocenters. The summed E-state index contributed by atoms with van der Waals surface area (Å²) >= 11 is 0. The van der Waals surface area contributed by atoms with E-state index >= 15 is 0 Å². The molecule has 0 aliphatic carbocycles. The van der Waals surface area contributed by atoms with E-state index in [0.29, 0.717) is 29.6 Å². The summed E-state index contributed by atoms with van der Waals surface area (Å²) in [6.45, 7) is 11.0. The van der Waals surface area contributed by atoms with Crippen LogP contribution >= 0.6 is 0 Å². The first-order valence-corrected chi connectivity index (χ1v) is 9.94. The van der Waals surface area contributed by atoms with Gasteiger partial charge in [0.2, 0.25) is 0 Å². The number of methoxy groups -OCH3 is 4. The van der Waals surface area contributed by atoms with Crippen LogP contribution in [0.25, 0.3) is 10.8 Å². The van der Waals surface area contributed by atoms with Gasteiger partial charge in [-0.2, -0.15) is 0 Å². The van der Waals surface area contributed by atoms with Crippen molar-refractivity contribution in [3.8, 4) is 23.0 Å². The van der Waals surface area contributed by atoms with Crippen molar-refractivity contribution in [3.63, 3.8) is 0 Å². The number of benzene rings is 2. The lowest BCUT2D eigenvalue weighted by molar-refractivity contribution is -0.00997. The molecule has 2 aromatic rings. The van der Waals surface area contributed by atoms with E-state index in [1.54, 1.807) is 28.4 Å². The third-order valence-corrected chi connectivity index (χ3v) is 5.28. The zero-order valence-electron chi connectivity index (χ0n) is 18.8. The SMILES string of the molecule is C=CC(C)(C)C(OCCCC)c1cc(OC)c2c(OC)ccc(OC)c2c1OC. The molecule has 2 aromatic carbocycles. The second-order valence-electron chi connectivity index (χ2n) is 7.55. The molecule has 160 valence electrons. The maximum absolute atomic E-state index is 6.37. The van der Waals surface area contributed by atoms with Crippen molar-refractivity contribution >= 4 is 10.8 Å². The topological polar surface area (TPSA) is 46.2 Å². The highest BCUT2D eigenvalue weighted by Gasteiger charge is 2.34. The average Bonchev–Trinajstić information content (AvgIpc) is 2.74. The standard InChI is InChI=1S/C24H34O5/c1-9-11-14-29-23(24(3,4)10-2)16-15-19(27-7)20-17(25-5)12-13-18(26-6)21(20)22(16)28-8/h10,12-13,15,23H,2,9,11,14H2,1,3-8H3. The molecule has 0 radical (unpaired) electrons. The number of hydrogen-bond donors (Lipinski definition) is 0. The Kier molecular flexibility index (Phi) is 7.80. The summed E-state index contributed by atoms with van der Waals surface area (Å²) in [6, 6.07) is 5.72. The van der Waals surface area contributed by atoms with Crippen molar-refractivity contribution < 1.29 is 23.7 Å². The molecule has 2 rings (SSSR count). The zero-order valence-corrected chi connectivity index (χ0v) is 18.8. The predicted molar refractivity (Wildman–Crippen MR) is 118 cm³/mol. The fraction of sp³-hybridized carbons (Fsp3) is 0.500. The molecule has 0 heterocycles. The molecule has 0 spiro atoms. The lowest BCUT2D eigenvalue weighted by atomic mass is 9.81. The van der Waals surface area contributed by atoms with E-state index in [1.807, 2.05) is 24.3 Å². The van der Waals surface area contributed by atoms with Crippen molar-refractivity contribution in [2.45, 2.75) is 39.7 Å². The first-order chi connectivity index (χ1) is 13.9. The Hall–Kier alpha value is -2.40. The molecule has 0 saturated heterocycles. The van der Waals surface area contributed by atoms with Crippen molar-refractivity contribution in [1.82, 2.24) is 0 Å². The van der Waals surface area contributed by atoms with E-state index in [4.69, 9.17) is 23.7 Å². The molecule has 1 atom stereocenters. The molecular formula is C24H34O5. The number of unbranched alkanes of at least 4 members (excludes halogenated alkanes) is 1. The summed E-state index contributed by atoms with van der Waals surface area (Å²) < 4.78 is 29.3. The third-order valence-electron chi connectivity index (χ3n) is 5.28. The Morgan fingerprint density at radius 3 is 2.00 bits per heavy atom. The second-order valence-corrected chi connectivity index (χ2v) is 7.55. The monoisotopic (exact) mass is 402 g/mol. The minimum Gasteiger partial charge on any atom is -0.496 e. The number of ether oxygens (including phenoxy) is 5. The van der Waals surface area contributed by atoms with E-state index < -0.39 is 0 Å². The first-order valence-electron chi connectivity index (χ1n) is 9.94. The molecule has 0 amide bonds. The summed E-state index contributed by atoms with van der Waals surface area (Å²) in [5.74, 6) is 2.74. The maximum atomic E-state index is 6.37. The highest BCUT2D eigenvalue weighted by Crippen LogP contribution is 2.51. The lowest BCUT2D eigenvalue weighted by Gasteiger charge is -2.33. The Bertz CT molecular complexity index is 841. The fourth-order valence-electron chi connectivity index (χ4n) is 3.53. The van der Waals surface area contributed by atoms with Crippen LogP contribution in [0.4, 0.5) is 0 Å². The minimum atomic E-state index is -0.328. The van der Waals surface area contributed by atoms with Gasteiger partial charge in [0.25, 0.3) is 0 Å². The first kappa shape index (κ1) is 22.9. The van der Waals surface area contributed by atoms with Gasteiger partial charge in [0.15, 0.2) is 0 Å². The van der Waals surface area contributed by atoms with Crippen LogP contribution in [0, 0.1) is 5.41 Å². The van der Waals surface area contributed by atoms with Gasteiger partial charge in [0, 0.05) is 17.6 Å². The van der Waals surface area contributed by atoms with Gasteiger partial charge < -0.3 is 23.7 Å². The number of rotatable bonds is 11. The molecule has 0 aliphatic heterocycles. The smallest absolute Gasteiger partial charge is 0.136 e. The van der Waals surface area contributed by atoms with Gasteiger partial charge in [0.05, 0.1) is 45.3 Å². The van der Waals surface area contributed by atoms with Gasteiger partial charge in [-0.25, -0.2) is 0 Å². The maximum Gasteiger partial charge on any atom is 0.136 e. The second kappa shape index (κ2) is 9.88. The van der Waals surface area contributed by atoms with E-state index in [9.17, 15) is 0 Å². The highest BCUT2D eigenvalue weighted by atomic mass is 16.5. The molecule has 29 heavy (non-hydrogen) atoms. The van der Waals surface area contributed by atoms with Gasteiger partial charge in [-0.15, -0.1) is 6.58 Å². The van der Waals surface area contributed by atoms with Crippen LogP contribution in [0.5, 0.6) is 23.0 Å². The lowest BCUT2D eigenvalue weighted by Crippen LogP contribution is -2.24. The Balaban J connectivity index is 2.88. The van der Waals surface area contributed by atoms with Crippen LogP contribution < -0.4 is 18.9 Å². The quantitative estimate of drug-likeness (QED) is 0.344. The Labute approximate surface area is 174 Å². The molecule has 0 fully saturated rings. The van der Waals surface area contributed by atoms with E-state index in [-0.39, 0.29) is 11.5 Å². The third kappa shape index (κ3) is 4.45. The van der Waals surface area contributed by atoms with Crippen LogP contribution in [0.3, 0.4) is 0 Å². The molecule has 0 aromatic heterocycles. The molecule has 0 saturated carbocycles. The van der Waals surface area contributed by atoms with Gasteiger partial charge in [-0.1, -0.05) is 33.3 Å². The van der Waals surface area contributed by atoms with Crippen LogP contribution in [0.2, 0.25) is 0 Å². The van der Waals surface area contributed by atoms with Crippen LogP contribution in [-0.2, 0) is 4.74 Å². The predicted octanol–water partition coefficient (Wildman–Crippen LogP) is 5.94. The van der Waals surface area contributed by atoms with Crippen LogP contribution in [0.1, 0.15) is 45.3 Å². The largest absolute Gasteiger partial charge is 0.496 e. The summed E-state index contributed by atoms with van der Waals surface area (Å²) in [5.41, 5.74) is 0.565. The summed E-state index contributed by atoms with van der Waals surface area (Å²) in [5, 5.41) is 1.60. The molecule has 0 aliphatic rings. The van der Waals surface area contributed by atoms with Crippen molar-refractivity contribution in [2.75, 3.05) is 35.0 Å². The van der Waals surface area contributed by atoms with Crippen molar-refractivity contribution in [1.29, 1.82) is 0 Å². The van der Waals surface area contributed by atoms with Gasteiger partial charge in [-0.3, -0.25) is 0 Å². The minimum absolute atomic E-state index is 0.268. The molecule has 5 heteroatoms.